The summed E-state index contributed by atoms with van der Waals surface area (Å²) in [6.45, 7) is 3.31. The third-order valence-corrected chi connectivity index (χ3v) is 4.84. The highest BCUT2D eigenvalue weighted by Crippen LogP contribution is 2.43. The summed E-state index contributed by atoms with van der Waals surface area (Å²) in [5, 5.41) is 5.42. The number of rotatable bonds is 10. The van der Waals surface area contributed by atoms with Crippen molar-refractivity contribution in [2.24, 2.45) is 17.3 Å². The topological polar surface area (TPSA) is 119 Å². The van der Waals surface area contributed by atoms with E-state index >= 15 is 0 Å². The molecule has 1 rings (SSSR count). The van der Waals surface area contributed by atoms with Crippen molar-refractivity contribution < 1.29 is 28.7 Å². The third-order valence-electron chi connectivity index (χ3n) is 4.84. The molecule has 0 aromatic rings. The Kier molecular flexibility index (Phi) is 8.41. The van der Waals surface area contributed by atoms with Gasteiger partial charge in [0.05, 0.1) is 18.9 Å². The van der Waals surface area contributed by atoms with E-state index < -0.39 is 17.3 Å². The van der Waals surface area contributed by atoms with Crippen LogP contribution in [0, 0.1) is 17.3 Å². The molecule has 146 valence electrons. The molecule has 0 saturated heterocycles. The van der Waals surface area contributed by atoms with Gasteiger partial charge in [-0.05, 0) is 25.7 Å². The first-order valence-corrected chi connectivity index (χ1v) is 8.81. The summed E-state index contributed by atoms with van der Waals surface area (Å²) < 4.78 is 4.96. The van der Waals surface area contributed by atoms with Crippen LogP contribution in [-0.4, -0.2) is 50.1 Å². The lowest BCUT2D eigenvalue weighted by molar-refractivity contribution is -0.155. The van der Waals surface area contributed by atoms with E-state index in [1.165, 1.54) is 14.0 Å². The highest BCUT2D eigenvalue weighted by Gasteiger charge is 2.50. The molecule has 0 bridgehead atoms. The minimum absolute atomic E-state index is 0.0563. The zero-order valence-electron chi connectivity index (χ0n) is 15.6. The van der Waals surface area contributed by atoms with E-state index in [9.17, 15) is 24.0 Å². The van der Waals surface area contributed by atoms with Gasteiger partial charge in [-0.25, -0.2) is 0 Å². The normalized spacial score (nSPS) is 23.0. The molecule has 2 amide bonds. The summed E-state index contributed by atoms with van der Waals surface area (Å²) in [4.78, 5) is 57.9. The van der Waals surface area contributed by atoms with Crippen molar-refractivity contribution in [3.05, 3.63) is 0 Å². The van der Waals surface area contributed by atoms with Gasteiger partial charge in [0.2, 0.25) is 11.8 Å². The van der Waals surface area contributed by atoms with E-state index in [2.05, 4.69) is 10.6 Å². The van der Waals surface area contributed by atoms with Crippen LogP contribution in [0.5, 0.6) is 0 Å². The second kappa shape index (κ2) is 10.0. The predicted octanol–water partition coefficient (Wildman–Crippen LogP) is 0.382. The van der Waals surface area contributed by atoms with Gasteiger partial charge in [-0.3, -0.25) is 19.2 Å². The fourth-order valence-electron chi connectivity index (χ4n) is 3.41. The number of ether oxygens (including phenoxy) is 1. The Bertz CT molecular complexity index is 562. The monoisotopic (exact) mass is 368 g/mol. The van der Waals surface area contributed by atoms with Crippen LogP contribution in [0.15, 0.2) is 0 Å². The first kappa shape index (κ1) is 21.8. The molecule has 8 heteroatoms. The van der Waals surface area contributed by atoms with E-state index in [0.717, 1.165) is 6.42 Å². The van der Waals surface area contributed by atoms with Crippen molar-refractivity contribution in [1.29, 1.82) is 0 Å². The summed E-state index contributed by atoms with van der Waals surface area (Å²) in [7, 11) is 1.30. The highest BCUT2D eigenvalue weighted by molar-refractivity contribution is 5.96. The van der Waals surface area contributed by atoms with Crippen LogP contribution in [0.2, 0.25) is 0 Å². The zero-order valence-corrected chi connectivity index (χ0v) is 15.6. The maximum atomic E-state index is 12.5. The molecule has 1 fully saturated rings. The standard InChI is InChI=1S/C18H28N2O6/c1-12(10-21)7-15(23)20-11-18(17(25)26-3)6-4-5-14(18)9-19-16(24)8-13(2)22/h10,12,14H,4-9,11H2,1-3H3,(H,19,24)(H,20,23). The van der Waals surface area contributed by atoms with Gasteiger partial charge >= 0.3 is 5.97 Å². The molecule has 1 aliphatic rings. The van der Waals surface area contributed by atoms with Crippen LogP contribution in [0.3, 0.4) is 0 Å². The minimum Gasteiger partial charge on any atom is -0.469 e. The van der Waals surface area contributed by atoms with E-state index in [-0.39, 0.29) is 49.4 Å². The molecule has 1 saturated carbocycles. The third kappa shape index (κ3) is 5.93. The maximum absolute atomic E-state index is 12.5. The number of esters is 1. The second-order valence-electron chi connectivity index (χ2n) is 7.01. The molecule has 8 nitrogen and oxygen atoms in total. The Morgan fingerprint density at radius 2 is 1.92 bits per heavy atom. The lowest BCUT2D eigenvalue weighted by atomic mass is 9.77. The number of Topliss-reactive ketones (excluding diaryl/α,β-unsaturated/α-hetero) is 1. The molecule has 26 heavy (non-hydrogen) atoms. The second-order valence-corrected chi connectivity index (χ2v) is 7.01. The van der Waals surface area contributed by atoms with Crippen LogP contribution < -0.4 is 10.6 Å². The Morgan fingerprint density at radius 1 is 1.23 bits per heavy atom. The highest BCUT2D eigenvalue weighted by atomic mass is 16.5. The van der Waals surface area contributed by atoms with Gasteiger partial charge < -0.3 is 20.2 Å². The number of methoxy groups -OCH3 is 1. The van der Waals surface area contributed by atoms with Gasteiger partial charge in [0.15, 0.2) is 0 Å². The Labute approximate surface area is 153 Å². The van der Waals surface area contributed by atoms with Gasteiger partial charge in [0.1, 0.15) is 12.1 Å². The smallest absolute Gasteiger partial charge is 0.313 e. The van der Waals surface area contributed by atoms with Crippen molar-refractivity contribution in [2.75, 3.05) is 20.2 Å². The van der Waals surface area contributed by atoms with Crippen molar-refractivity contribution in [1.82, 2.24) is 10.6 Å². The zero-order chi connectivity index (χ0) is 19.7. The number of hydrogen-bond acceptors (Lipinski definition) is 6. The molecule has 1 aliphatic carbocycles. The van der Waals surface area contributed by atoms with E-state index in [0.29, 0.717) is 19.1 Å². The van der Waals surface area contributed by atoms with Crippen LogP contribution in [0.25, 0.3) is 0 Å². The van der Waals surface area contributed by atoms with Crippen molar-refractivity contribution in [2.45, 2.75) is 46.0 Å². The minimum atomic E-state index is -0.918. The van der Waals surface area contributed by atoms with Crippen LogP contribution in [-0.2, 0) is 28.7 Å². The summed E-state index contributed by atoms with van der Waals surface area (Å²) in [5.41, 5.74) is -0.918. The Balaban J connectivity index is 2.77. The molecule has 0 radical (unpaired) electrons. The van der Waals surface area contributed by atoms with E-state index in [4.69, 9.17) is 4.74 Å². The molecule has 0 aromatic carbocycles. The maximum Gasteiger partial charge on any atom is 0.313 e. The van der Waals surface area contributed by atoms with Crippen LogP contribution >= 0.6 is 0 Å². The number of carbonyl (C=O) groups excluding carboxylic acids is 5. The summed E-state index contributed by atoms with van der Waals surface area (Å²) >= 11 is 0. The number of carbonyl (C=O) groups is 5. The lowest BCUT2D eigenvalue weighted by Crippen LogP contribution is -2.49. The summed E-state index contributed by atoms with van der Waals surface area (Å²) in [6, 6.07) is 0. The van der Waals surface area contributed by atoms with Crippen molar-refractivity contribution in [3.63, 3.8) is 0 Å². The molecule has 2 N–H and O–H groups in total. The molecule has 0 heterocycles. The first-order chi connectivity index (χ1) is 12.2. The van der Waals surface area contributed by atoms with Crippen LogP contribution in [0.1, 0.15) is 46.0 Å². The molecule has 0 aliphatic heterocycles. The van der Waals surface area contributed by atoms with Gasteiger partial charge in [0, 0.05) is 25.4 Å². The fraction of sp³-hybridized carbons (Fsp3) is 0.722. The quantitative estimate of drug-likeness (QED) is 0.327. The van der Waals surface area contributed by atoms with Gasteiger partial charge in [0.25, 0.3) is 0 Å². The van der Waals surface area contributed by atoms with Crippen LogP contribution in [0.4, 0.5) is 0 Å². The number of hydrogen-bond donors (Lipinski definition) is 2. The Hall–Kier alpha value is -2.25. The number of nitrogens with one attached hydrogen (secondary N) is 2. The van der Waals surface area contributed by atoms with Gasteiger partial charge in [-0.2, -0.15) is 0 Å². The molecular formula is C18H28N2O6. The average Bonchev–Trinajstić information content (AvgIpc) is 3.00. The summed E-state index contributed by atoms with van der Waals surface area (Å²) in [6.07, 6.45) is 2.58. The molecular weight excluding hydrogens is 340 g/mol. The SMILES string of the molecule is COC(=O)C1(CNC(=O)CC(C)C=O)CCCC1CNC(=O)CC(C)=O. The van der Waals surface area contributed by atoms with E-state index in [1.54, 1.807) is 6.92 Å². The van der Waals surface area contributed by atoms with Crippen molar-refractivity contribution in [3.8, 4) is 0 Å². The molecule has 3 unspecified atom stereocenters. The number of aldehydes is 1. The Morgan fingerprint density at radius 3 is 2.50 bits per heavy atom. The molecule has 0 spiro atoms. The average molecular weight is 368 g/mol. The fourth-order valence-corrected chi connectivity index (χ4v) is 3.41. The van der Waals surface area contributed by atoms with E-state index in [1.807, 2.05) is 0 Å². The number of amides is 2. The lowest BCUT2D eigenvalue weighted by Gasteiger charge is -2.33. The van der Waals surface area contributed by atoms with Gasteiger partial charge in [-0.1, -0.05) is 13.3 Å². The predicted molar refractivity (Wildman–Crippen MR) is 93.0 cm³/mol. The number of ketones is 1. The molecule has 0 aromatic heterocycles. The summed E-state index contributed by atoms with van der Waals surface area (Å²) in [5.74, 6) is -1.94. The molecule has 3 atom stereocenters. The van der Waals surface area contributed by atoms with Gasteiger partial charge in [-0.15, -0.1) is 0 Å². The van der Waals surface area contributed by atoms with Crippen molar-refractivity contribution >= 4 is 29.9 Å². The first-order valence-electron chi connectivity index (χ1n) is 8.81. The largest absolute Gasteiger partial charge is 0.469 e.